The summed E-state index contributed by atoms with van der Waals surface area (Å²) in [4.78, 5) is 38.1. The summed E-state index contributed by atoms with van der Waals surface area (Å²) in [5, 5.41) is 9.63. The van der Waals surface area contributed by atoms with Crippen LogP contribution in [-0.2, 0) is 31.4 Å². The zero-order valence-electron chi connectivity index (χ0n) is 21.5. The maximum absolute atomic E-state index is 12.2. The van der Waals surface area contributed by atoms with Gasteiger partial charge in [0.2, 0.25) is 0 Å². The van der Waals surface area contributed by atoms with Crippen LogP contribution in [0.15, 0.2) is 58.3 Å². The van der Waals surface area contributed by atoms with Crippen LogP contribution >= 0.6 is 0 Å². The van der Waals surface area contributed by atoms with E-state index in [0.29, 0.717) is 25.4 Å². The Labute approximate surface area is 215 Å². The lowest BCUT2D eigenvalue weighted by Crippen LogP contribution is -2.39. The predicted octanol–water partition coefficient (Wildman–Crippen LogP) is 2.91. The molecule has 9 nitrogen and oxygen atoms in total. The molecular weight excluding hydrogens is 474 g/mol. The number of aliphatic carboxylic acids is 1. The highest BCUT2D eigenvalue weighted by Crippen LogP contribution is 2.33. The number of hydrogen-bond acceptors (Lipinski definition) is 6. The Kier molecular flexibility index (Phi) is 8.13. The minimum atomic E-state index is -0.840. The molecule has 0 aliphatic carbocycles. The van der Waals surface area contributed by atoms with Gasteiger partial charge in [-0.25, -0.2) is 4.79 Å². The van der Waals surface area contributed by atoms with Gasteiger partial charge in [0.25, 0.3) is 5.56 Å². The first-order valence-corrected chi connectivity index (χ1v) is 12.5. The normalized spacial score (nSPS) is 13.3. The zero-order valence-corrected chi connectivity index (χ0v) is 21.5. The first-order chi connectivity index (χ1) is 17.8. The minimum absolute atomic E-state index is 0.00593. The fraction of sp³-hybridized carbons (Fsp3) is 0.393. The van der Waals surface area contributed by atoms with Gasteiger partial charge < -0.3 is 19.1 Å². The van der Waals surface area contributed by atoms with Gasteiger partial charge in [-0.3, -0.25) is 19.1 Å². The molecule has 37 heavy (non-hydrogen) atoms. The molecule has 0 amide bonds. The van der Waals surface area contributed by atoms with Gasteiger partial charge in [-0.05, 0) is 47.9 Å². The maximum Gasteiger partial charge on any atom is 0.330 e. The maximum atomic E-state index is 12.2. The third-order valence-electron chi connectivity index (χ3n) is 6.75. The van der Waals surface area contributed by atoms with Crippen molar-refractivity contribution in [3.63, 3.8) is 0 Å². The molecular formula is C28H33N3O6. The second kappa shape index (κ2) is 11.5. The van der Waals surface area contributed by atoms with Crippen molar-refractivity contribution in [1.82, 2.24) is 14.0 Å². The van der Waals surface area contributed by atoms with Gasteiger partial charge in [-0.2, -0.15) is 0 Å². The monoisotopic (exact) mass is 507 g/mol. The van der Waals surface area contributed by atoms with E-state index in [2.05, 4.69) is 11.0 Å². The highest BCUT2D eigenvalue weighted by atomic mass is 16.5. The molecule has 2 heterocycles. The van der Waals surface area contributed by atoms with E-state index in [4.69, 9.17) is 9.47 Å². The Balaban J connectivity index is 1.46. The van der Waals surface area contributed by atoms with E-state index in [1.807, 2.05) is 44.2 Å². The van der Waals surface area contributed by atoms with E-state index in [-0.39, 0.29) is 36.9 Å². The molecule has 4 rings (SSSR count). The minimum Gasteiger partial charge on any atom is -0.493 e. The lowest BCUT2D eigenvalue weighted by atomic mass is 9.98. The van der Waals surface area contributed by atoms with Gasteiger partial charge in [-0.15, -0.1) is 0 Å². The lowest BCUT2D eigenvalue weighted by molar-refractivity contribution is -0.138. The fourth-order valence-electron chi connectivity index (χ4n) is 4.75. The van der Waals surface area contributed by atoms with E-state index >= 15 is 0 Å². The van der Waals surface area contributed by atoms with Crippen LogP contribution in [0.25, 0.3) is 0 Å². The number of fused-ring (bicyclic) bond motifs is 1. The quantitative estimate of drug-likeness (QED) is 0.426. The van der Waals surface area contributed by atoms with E-state index < -0.39 is 5.97 Å². The molecule has 1 aromatic heterocycles. The first kappa shape index (κ1) is 26.2. The predicted molar refractivity (Wildman–Crippen MR) is 139 cm³/mol. The Bertz CT molecular complexity index is 1390. The van der Waals surface area contributed by atoms with Crippen molar-refractivity contribution < 1.29 is 19.4 Å². The lowest BCUT2D eigenvalue weighted by Gasteiger charge is -2.30. The van der Waals surface area contributed by atoms with Crippen LogP contribution in [0, 0.1) is 6.92 Å². The molecule has 0 saturated carbocycles. The van der Waals surface area contributed by atoms with Crippen LogP contribution in [0.1, 0.15) is 41.6 Å². The molecule has 1 aliphatic heterocycles. The van der Waals surface area contributed by atoms with E-state index in [1.54, 1.807) is 7.05 Å². The summed E-state index contributed by atoms with van der Waals surface area (Å²) < 4.78 is 14.0. The number of benzene rings is 2. The average molecular weight is 508 g/mol. The summed E-state index contributed by atoms with van der Waals surface area (Å²) in [5.74, 6) is 0.713. The topological polar surface area (TPSA) is 103 Å². The number of aromatic nitrogens is 2. The first-order valence-electron chi connectivity index (χ1n) is 12.5. The Morgan fingerprint density at radius 3 is 2.73 bits per heavy atom. The summed E-state index contributed by atoms with van der Waals surface area (Å²) in [6, 6.07) is 12.9. The SMILES string of the molecule is CCN(Cc1ccc(OCCn2c(=O)ccn(C)c2=O)c(C)c1)C(CC(=O)O)c1ccc2c(c1)CCO2. The van der Waals surface area contributed by atoms with Crippen molar-refractivity contribution >= 4 is 5.97 Å². The van der Waals surface area contributed by atoms with Gasteiger partial charge in [0.1, 0.15) is 18.1 Å². The van der Waals surface area contributed by atoms with Crippen LogP contribution in [0.4, 0.5) is 0 Å². The molecule has 2 aromatic carbocycles. The summed E-state index contributed by atoms with van der Waals surface area (Å²) in [5.41, 5.74) is 3.33. The zero-order chi connectivity index (χ0) is 26.5. The molecule has 0 fully saturated rings. The van der Waals surface area contributed by atoms with E-state index in [1.165, 1.54) is 16.8 Å². The van der Waals surface area contributed by atoms with Crippen LogP contribution in [0.2, 0.25) is 0 Å². The number of ether oxygens (including phenoxy) is 2. The molecule has 1 N–H and O–H groups in total. The second-order valence-electron chi connectivity index (χ2n) is 9.29. The highest BCUT2D eigenvalue weighted by Gasteiger charge is 2.24. The molecule has 9 heteroatoms. The van der Waals surface area contributed by atoms with Gasteiger partial charge in [0.15, 0.2) is 0 Å². The average Bonchev–Trinajstić information content (AvgIpc) is 3.34. The fourth-order valence-corrected chi connectivity index (χ4v) is 4.75. The van der Waals surface area contributed by atoms with Crippen molar-refractivity contribution in [3.05, 3.63) is 91.8 Å². The number of nitrogens with zero attached hydrogens (tertiary/aromatic N) is 3. The summed E-state index contributed by atoms with van der Waals surface area (Å²) >= 11 is 0. The van der Waals surface area contributed by atoms with Crippen LogP contribution < -0.4 is 20.7 Å². The third kappa shape index (κ3) is 6.11. The third-order valence-corrected chi connectivity index (χ3v) is 6.75. The van der Waals surface area contributed by atoms with Gasteiger partial charge in [0, 0.05) is 38.3 Å². The number of aryl methyl sites for hydroxylation is 2. The van der Waals surface area contributed by atoms with Crippen molar-refractivity contribution in [1.29, 1.82) is 0 Å². The summed E-state index contributed by atoms with van der Waals surface area (Å²) in [6.07, 6.45) is 2.29. The highest BCUT2D eigenvalue weighted by molar-refractivity contribution is 5.68. The van der Waals surface area contributed by atoms with Crippen LogP contribution in [-0.4, -0.2) is 44.9 Å². The smallest absolute Gasteiger partial charge is 0.330 e. The van der Waals surface area contributed by atoms with E-state index in [0.717, 1.165) is 39.0 Å². The molecule has 3 aromatic rings. The standard InChI is InChI=1S/C28H33N3O6/c1-4-30(23(17-27(33)34)21-6-8-25-22(16-21)10-13-36-25)18-20-5-7-24(19(2)15-20)37-14-12-31-26(32)9-11-29(3)28(31)35/h5-9,11,15-16,23H,4,10,12-14,17-18H2,1-3H3,(H,33,34). The van der Waals surface area contributed by atoms with Crippen molar-refractivity contribution in [3.8, 4) is 11.5 Å². The van der Waals surface area contributed by atoms with Gasteiger partial charge in [-0.1, -0.05) is 31.2 Å². The molecule has 1 unspecified atom stereocenters. The molecule has 0 spiro atoms. The van der Waals surface area contributed by atoms with Crippen molar-refractivity contribution in [2.24, 2.45) is 7.05 Å². The molecule has 196 valence electrons. The Morgan fingerprint density at radius 1 is 1.19 bits per heavy atom. The number of hydrogen-bond donors (Lipinski definition) is 1. The Morgan fingerprint density at radius 2 is 2.00 bits per heavy atom. The van der Waals surface area contributed by atoms with Crippen LogP contribution in [0.3, 0.4) is 0 Å². The molecule has 1 aliphatic rings. The summed E-state index contributed by atoms with van der Waals surface area (Å²) in [6.45, 7) is 6.24. The van der Waals surface area contributed by atoms with E-state index in [9.17, 15) is 19.5 Å². The van der Waals surface area contributed by atoms with Crippen LogP contribution in [0.5, 0.6) is 11.5 Å². The molecule has 0 saturated heterocycles. The summed E-state index contributed by atoms with van der Waals surface area (Å²) in [7, 11) is 1.60. The number of carboxylic acids is 1. The molecule has 1 atom stereocenters. The number of carboxylic acid groups (broad SMARTS) is 1. The van der Waals surface area contributed by atoms with Gasteiger partial charge >= 0.3 is 11.7 Å². The van der Waals surface area contributed by atoms with Gasteiger partial charge in [0.05, 0.1) is 19.6 Å². The number of rotatable bonds is 11. The largest absolute Gasteiger partial charge is 0.493 e. The second-order valence-corrected chi connectivity index (χ2v) is 9.29. The van der Waals surface area contributed by atoms with Crippen molar-refractivity contribution in [2.45, 2.75) is 45.8 Å². The molecule has 0 radical (unpaired) electrons. The van der Waals surface area contributed by atoms with Crippen molar-refractivity contribution in [2.75, 3.05) is 19.8 Å². The number of carbonyl (C=O) groups is 1. The Hall–Kier alpha value is -3.85. The molecule has 0 bridgehead atoms.